The van der Waals surface area contributed by atoms with Gasteiger partial charge in [-0.1, -0.05) is 20.3 Å². The lowest BCUT2D eigenvalue weighted by Gasteiger charge is -2.33. The molecule has 0 aromatic rings. The topological polar surface area (TPSA) is 9.23 Å². The van der Waals surface area contributed by atoms with Gasteiger partial charge in [0.15, 0.2) is 0 Å². The molecule has 0 fully saturated rings. The summed E-state index contributed by atoms with van der Waals surface area (Å²) in [6.45, 7) is 13.0. The van der Waals surface area contributed by atoms with Gasteiger partial charge in [-0.25, -0.2) is 0 Å². The minimum atomic E-state index is -0.0347. The van der Waals surface area contributed by atoms with E-state index in [9.17, 15) is 0 Å². The molecule has 1 nitrogen and oxygen atoms in total. The summed E-state index contributed by atoms with van der Waals surface area (Å²) in [6.07, 6.45) is 2.53. The van der Waals surface area contributed by atoms with Crippen molar-refractivity contribution in [1.82, 2.24) is 0 Å². The van der Waals surface area contributed by atoms with Crippen molar-refractivity contribution in [3.05, 3.63) is 0 Å². The number of hydrogen-bond donors (Lipinski definition) is 0. The molecule has 0 aromatic heterocycles. The lowest BCUT2D eigenvalue weighted by Crippen LogP contribution is -2.32. The molecule has 0 spiro atoms. The zero-order valence-electron chi connectivity index (χ0n) is 11.1. The fourth-order valence-electron chi connectivity index (χ4n) is 2.29. The van der Waals surface area contributed by atoms with Crippen LogP contribution in [0.3, 0.4) is 0 Å². The fraction of sp³-hybridized carbons (Fsp3) is 1.00. The molecule has 0 aliphatic carbocycles. The molecule has 0 aliphatic rings. The number of ether oxygens (including phenoxy) is 1. The molecule has 92 valence electrons. The van der Waals surface area contributed by atoms with E-state index in [1.54, 1.807) is 0 Å². The number of alkyl halides is 1. The Balaban J connectivity index is 4.18. The summed E-state index contributed by atoms with van der Waals surface area (Å²) in [5.74, 6) is 2.00. The molecule has 0 aromatic carbocycles. The second kappa shape index (κ2) is 6.75. The van der Waals surface area contributed by atoms with Crippen molar-refractivity contribution in [3.8, 4) is 0 Å². The first-order valence-corrected chi connectivity index (χ1v) is 6.59. The Morgan fingerprint density at radius 1 is 1.20 bits per heavy atom. The summed E-state index contributed by atoms with van der Waals surface area (Å²) in [5.41, 5.74) is -0.0347. The van der Waals surface area contributed by atoms with Crippen LogP contribution in [0.4, 0.5) is 0 Å². The summed E-state index contributed by atoms with van der Waals surface area (Å²) in [4.78, 5) is 0. The van der Waals surface area contributed by atoms with Gasteiger partial charge in [0.2, 0.25) is 0 Å². The van der Waals surface area contributed by atoms with E-state index in [4.69, 9.17) is 16.3 Å². The highest BCUT2D eigenvalue weighted by Crippen LogP contribution is 2.28. The van der Waals surface area contributed by atoms with Gasteiger partial charge in [-0.15, -0.1) is 11.6 Å². The Morgan fingerprint density at radius 3 is 2.07 bits per heavy atom. The van der Waals surface area contributed by atoms with Crippen molar-refractivity contribution in [3.63, 3.8) is 0 Å². The number of halogens is 1. The van der Waals surface area contributed by atoms with E-state index >= 15 is 0 Å². The Labute approximate surface area is 101 Å². The summed E-state index contributed by atoms with van der Waals surface area (Å²) < 4.78 is 5.90. The summed E-state index contributed by atoms with van der Waals surface area (Å²) in [5, 5.41) is 0. The van der Waals surface area contributed by atoms with Gasteiger partial charge in [0.05, 0.1) is 11.7 Å². The maximum absolute atomic E-state index is 5.96. The highest BCUT2D eigenvalue weighted by molar-refractivity contribution is 6.18. The van der Waals surface area contributed by atoms with Gasteiger partial charge in [0.25, 0.3) is 0 Å². The van der Waals surface area contributed by atoms with Gasteiger partial charge in [-0.3, -0.25) is 0 Å². The third kappa shape index (κ3) is 6.42. The Hall–Kier alpha value is 0.250. The van der Waals surface area contributed by atoms with E-state index in [2.05, 4.69) is 41.5 Å². The normalized spacial score (nSPS) is 16.8. The van der Waals surface area contributed by atoms with Gasteiger partial charge in [-0.2, -0.15) is 0 Å². The van der Waals surface area contributed by atoms with Crippen LogP contribution in [0.15, 0.2) is 0 Å². The van der Waals surface area contributed by atoms with Crippen molar-refractivity contribution >= 4 is 11.6 Å². The highest BCUT2D eigenvalue weighted by Gasteiger charge is 2.26. The Bertz CT molecular complexity index is 162. The number of rotatable bonds is 7. The SMILES string of the molecule is CCC(CCl)C(C)CC(C)(C)OC(C)C. The Kier molecular flexibility index (Phi) is 6.86. The zero-order valence-corrected chi connectivity index (χ0v) is 11.9. The van der Waals surface area contributed by atoms with Crippen molar-refractivity contribution in [2.45, 2.75) is 66.1 Å². The van der Waals surface area contributed by atoms with Crippen molar-refractivity contribution in [2.24, 2.45) is 11.8 Å². The van der Waals surface area contributed by atoms with Crippen LogP contribution >= 0.6 is 11.6 Å². The molecule has 2 heteroatoms. The monoisotopic (exact) mass is 234 g/mol. The molecule has 0 aliphatic heterocycles. The zero-order chi connectivity index (χ0) is 12.1. The third-order valence-corrected chi connectivity index (χ3v) is 3.29. The summed E-state index contributed by atoms with van der Waals surface area (Å²) >= 11 is 5.96. The van der Waals surface area contributed by atoms with Crippen LogP contribution in [0.1, 0.15) is 54.4 Å². The van der Waals surface area contributed by atoms with Crippen LogP contribution in [0, 0.1) is 11.8 Å². The summed E-state index contributed by atoms with van der Waals surface area (Å²) in [7, 11) is 0. The Morgan fingerprint density at radius 2 is 1.73 bits per heavy atom. The fourth-order valence-corrected chi connectivity index (χ4v) is 2.81. The second-order valence-electron chi connectivity index (χ2n) is 5.43. The molecular formula is C13H27ClO. The number of hydrogen-bond acceptors (Lipinski definition) is 1. The minimum Gasteiger partial charge on any atom is -0.373 e. The van der Waals surface area contributed by atoms with Crippen molar-refractivity contribution < 1.29 is 4.74 Å². The van der Waals surface area contributed by atoms with E-state index in [1.807, 2.05) is 0 Å². The standard InChI is InChI=1S/C13H27ClO/c1-7-12(9-14)11(4)8-13(5,6)15-10(2)3/h10-12H,7-9H2,1-6H3. The van der Waals surface area contributed by atoms with Crippen LogP contribution in [0.2, 0.25) is 0 Å². The first kappa shape index (κ1) is 15.2. The molecule has 15 heavy (non-hydrogen) atoms. The van der Waals surface area contributed by atoms with E-state index < -0.39 is 0 Å². The van der Waals surface area contributed by atoms with E-state index in [0.29, 0.717) is 17.9 Å². The lowest BCUT2D eigenvalue weighted by molar-refractivity contribution is -0.0711. The van der Waals surface area contributed by atoms with E-state index in [1.165, 1.54) is 0 Å². The lowest BCUT2D eigenvalue weighted by atomic mass is 9.84. The van der Waals surface area contributed by atoms with Gasteiger partial charge in [0.1, 0.15) is 0 Å². The third-order valence-electron chi connectivity index (χ3n) is 2.90. The quantitative estimate of drug-likeness (QED) is 0.590. The van der Waals surface area contributed by atoms with Crippen LogP contribution in [-0.4, -0.2) is 17.6 Å². The van der Waals surface area contributed by atoms with Gasteiger partial charge >= 0.3 is 0 Å². The van der Waals surface area contributed by atoms with Crippen LogP contribution in [0.25, 0.3) is 0 Å². The maximum atomic E-state index is 5.96. The van der Waals surface area contributed by atoms with E-state index in [0.717, 1.165) is 18.7 Å². The second-order valence-corrected chi connectivity index (χ2v) is 5.74. The molecule has 2 unspecified atom stereocenters. The molecule has 0 N–H and O–H groups in total. The molecule has 2 atom stereocenters. The molecule has 0 bridgehead atoms. The molecule has 0 radical (unpaired) electrons. The average Bonchev–Trinajstić information content (AvgIpc) is 2.02. The van der Waals surface area contributed by atoms with Gasteiger partial charge in [-0.05, 0) is 46.0 Å². The average molecular weight is 235 g/mol. The maximum Gasteiger partial charge on any atom is 0.0632 e. The molecule has 0 saturated heterocycles. The van der Waals surface area contributed by atoms with Crippen LogP contribution < -0.4 is 0 Å². The van der Waals surface area contributed by atoms with Crippen molar-refractivity contribution in [1.29, 1.82) is 0 Å². The van der Waals surface area contributed by atoms with Gasteiger partial charge < -0.3 is 4.74 Å². The molecular weight excluding hydrogens is 208 g/mol. The smallest absolute Gasteiger partial charge is 0.0632 e. The molecule has 0 saturated carbocycles. The highest BCUT2D eigenvalue weighted by atomic mass is 35.5. The van der Waals surface area contributed by atoms with E-state index in [-0.39, 0.29) is 5.60 Å². The van der Waals surface area contributed by atoms with Gasteiger partial charge in [0, 0.05) is 5.88 Å². The first-order valence-electron chi connectivity index (χ1n) is 6.06. The molecule has 0 amide bonds. The molecule has 0 heterocycles. The predicted octanol–water partition coefficient (Wildman–Crippen LogP) is 4.48. The first-order chi connectivity index (χ1) is 6.82. The predicted molar refractivity (Wildman–Crippen MR) is 68.6 cm³/mol. The van der Waals surface area contributed by atoms with Crippen LogP contribution in [-0.2, 0) is 4.74 Å². The van der Waals surface area contributed by atoms with Crippen molar-refractivity contribution in [2.75, 3.05) is 5.88 Å². The molecule has 0 rings (SSSR count). The summed E-state index contributed by atoms with van der Waals surface area (Å²) in [6, 6.07) is 0. The minimum absolute atomic E-state index is 0.0347. The largest absolute Gasteiger partial charge is 0.373 e. The van der Waals surface area contributed by atoms with Crippen LogP contribution in [0.5, 0.6) is 0 Å².